The first-order valence-electron chi connectivity index (χ1n) is 9.12. The van der Waals surface area contributed by atoms with Gasteiger partial charge < -0.3 is 19.5 Å². The number of nitrogens with zero attached hydrogens (tertiary/aromatic N) is 1. The van der Waals surface area contributed by atoms with Gasteiger partial charge in [-0.1, -0.05) is 6.07 Å². The van der Waals surface area contributed by atoms with Crippen LogP contribution in [-0.4, -0.2) is 27.2 Å². The molecule has 0 fully saturated rings. The number of benzene rings is 1. The minimum absolute atomic E-state index is 0.0284. The maximum atomic E-state index is 12.5. The molecule has 0 bridgehead atoms. The van der Waals surface area contributed by atoms with E-state index in [-0.39, 0.29) is 17.5 Å². The summed E-state index contributed by atoms with van der Waals surface area (Å²) in [6, 6.07) is 8.08. The summed E-state index contributed by atoms with van der Waals surface area (Å²) in [7, 11) is 4.62. The Bertz CT molecular complexity index is 1070. The molecule has 0 saturated carbocycles. The lowest BCUT2D eigenvalue weighted by Crippen LogP contribution is -2.26. The van der Waals surface area contributed by atoms with E-state index in [4.69, 9.17) is 14.2 Å². The first kappa shape index (κ1) is 20.2. The number of hydrogen-bond acceptors (Lipinski definition) is 6. The lowest BCUT2D eigenvalue weighted by Gasteiger charge is -2.19. The molecule has 1 N–H and O–H groups in total. The van der Waals surface area contributed by atoms with Crippen molar-refractivity contribution in [3.63, 3.8) is 0 Å². The van der Waals surface area contributed by atoms with Crippen molar-refractivity contribution in [1.82, 2.24) is 5.32 Å². The third kappa shape index (κ3) is 3.61. The van der Waals surface area contributed by atoms with Crippen LogP contribution < -0.4 is 25.0 Å². The normalized spacial score (nSPS) is 14.5. The van der Waals surface area contributed by atoms with Crippen molar-refractivity contribution < 1.29 is 19.0 Å². The van der Waals surface area contributed by atoms with E-state index in [0.29, 0.717) is 41.2 Å². The molecule has 0 radical (unpaired) electrons. The number of fused-ring (bicyclic) bond motifs is 3. The molecule has 150 valence electrons. The van der Waals surface area contributed by atoms with Crippen LogP contribution in [0.15, 0.2) is 29.1 Å². The van der Waals surface area contributed by atoms with Gasteiger partial charge in [0.2, 0.25) is 11.7 Å². The summed E-state index contributed by atoms with van der Waals surface area (Å²) in [5.74, 6) is 1.24. The van der Waals surface area contributed by atoms with Crippen LogP contribution in [0.3, 0.4) is 0 Å². The number of amides is 1. The van der Waals surface area contributed by atoms with Crippen molar-refractivity contribution in [2.75, 3.05) is 21.3 Å². The van der Waals surface area contributed by atoms with Gasteiger partial charge in [-0.05, 0) is 47.7 Å². The van der Waals surface area contributed by atoms with E-state index >= 15 is 0 Å². The van der Waals surface area contributed by atoms with Gasteiger partial charge >= 0.3 is 0 Å². The van der Waals surface area contributed by atoms with Gasteiger partial charge in [0, 0.05) is 12.5 Å². The molecule has 1 amide bonds. The number of nitrogens with one attached hydrogen (secondary N) is 1. The highest BCUT2D eigenvalue weighted by atomic mass is 16.5. The molecule has 0 heterocycles. The highest BCUT2D eigenvalue weighted by Gasteiger charge is 2.29. The topological polar surface area (TPSA) is 97.7 Å². The van der Waals surface area contributed by atoms with E-state index in [2.05, 4.69) is 5.32 Å². The minimum atomic E-state index is -0.396. The standard InChI is InChI=1S/C22H22N2O5/c1-12(25)24-17-8-6-13-9-19(27-2)21(28-3)22(29-4)20(13)15-7-5-14(11-23)18(26)10-16(15)17/h5,7,9-10,17H,6,8H2,1-4H3,(H,24,25). The Morgan fingerprint density at radius 3 is 2.45 bits per heavy atom. The molecule has 1 atom stereocenters. The van der Waals surface area contributed by atoms with Gasteiger partial charge in [-0.3, -0.25) is 9.59 Å². The van der Waals surface area contributed by atoms with Crippen LogP contribution in [0.25, 0.3) is 11.1 Å². The second-order valence-electron chi connectivity index (χ2n) is 6.71. The Balaban J connectivity index is 2.43. The van der Waals surface area contributed by atoms with Gasteiger partial charge in [-0.15, -0.1) is 0 Å². The van der Waals surface area contributed by atoms with Crippen LogP contribution in [0, 0.1) is 11.3 Å². The summed E-state index contributed by atoms with van der Waals surface area (Å²) in [6.45, 7) is 1.44. The zero-order valence-electron chi connectivity index (χ0n) is 16.8. The fourth-order valence-electron chi connectivity index (χ4n) is 3.80. The lowest BCUT2D eigenvalue weighted by atomic mass is 9.95. The van der Waals surface area contributed by atoms with Crippen molar-refractivity contribution >= 4 is 5.91 Å². The highest BCUT2D eigenvalue weighted by Crippen LogP contribution is 2.50. The van der Waals surface area contributed by atoms with Crippen molar-refractivity contribution in [1.29, 1.82) is 5.26 Å². The van der Waals surface area contributed by atoms with Crippen LogP contribution in [-0.2, 0) is 11.2 Å². The van der Waals surface area contributed by atoms with E-state index in [1.807, 2.05) is 12.1 Å². The first-order chi connectivity index (χ1) is 13.9. The second-order valence-corrected chi connectivity index (χ2v) is 6.71. The van der Waals surface area contributed by atoms with Gasteiger partial charge in [0.15, 0.2) is 16.9 Å². The number of carbonyl (C=O) groups is 1. The Morgan fingerprint density at radius 2 is 1.86 bits per heavy atom. The second kappa shape index (κ2) is 8.23. The Hall–Kier alpha value is -3.53. The molecule has 0 spiro atoms. The van der Waals surface area contributed by atoms with Crippen LogP contribution in [0.2, 0.25) is 0 Å². The third-order valence-corrected chi connectivity index (χ3v) is 5.04. The minimum Gasteiger partial charge on any atom is -0.493 e. The van der Waals surface area contributed by atoms with E-state index in [1.54, 1.807) is 13.2 Å². The molecule has 3 rings (SSSR count). The van der Waals surface area contributed by atoms with Crippen molar-refractivity contribution in [2.24, 2.45) is 0 Å². The van der Waals surface area contributed by atoms with Crippen LogP contribution >= 0.6 is 0 Å². The third-order valence-electron chi connectivity index (χ3n) is 5.04. The monoisotopic (exact) mass is 394 g/mol. The molecule has 1 aliphatic carbocycles. The van der Waals surface area contributed by atoms with Crippen LogP contribution in [0.1, 0.15) is 36.1 Å². The molecule has 1 unspecified atom stereocenters. The smallest absolute Gasteiger partial charge is 0.217 e. The maximum Gasteiger partial charge on any atom is 0.217 e. The molecule has 0 saturated heterocycles. The molecular weight excluding hydrogens is 372 g/mol. The first-order valence-corrected chi connectivity index (χ1v) is 9.12. The number of aryl methyl sites for hydroxylation is 1. The van der Waals surface area contributed by atoms with Crippen molar-refractivity contribution in [2.45, 2.75) is 25.8 Å². The molecule has 0 aromatic heterocycles. The number of ether oxygens (including phenoxy) is 3. The summed E-state index contributed by atoms with van der Waals surface area (Å²) in [5.41, 5.74) is 2.66. The molecule has 7 heteroatoms. The summed E-state index contributed by atoms with van der Waals surface area (Å²) in [6.07, 6.45) is 1.19. The molecule has 0 aliphatic heterocycles. The fraction of sp³-hybridized carbons (Fsp3) is 0.318. The van der Waals surface area contributed by atoms with Gasteiger partial charge in [0.1, 0.15) is 6.07 Å². The number of nitriles is 1. The summed E-state index contributed by atoms with van der Waals surface area (Å²) < 4.78 is 16.7. The number of hydrogen-bond donors (Lipinski definition) is 1. The van der Waals surface area contributed by atoms with E-state index in [9.17, 15) is 14.9 Å². The largest absolute Gasteiger partial charge is 0.493 e. The molecule has 7 nitrogen and oxygen atoms in total. The zero-order chi connectivity index (χ0) is 21.1. The maximum absolute atomic E-state index is 12.5. The molecule has 1 aliphatic rings. The van der Waals surface area contributed by atoms with Crippen LogP contribution in [0.5, 0.6) is 17.2 Å². The Kier molecular flexibility index (Phi) is 5.74. The lowest BCUT2D eigenvalue weighted by molar-refractivity contribution is -0.119. The van der Waals surface area contributed by atoms with Crippen molar-refractivity contribution in [3.05, 3.63) is 51.2 Å². The Morgan fingerprint density at radius 1 is 1.14 bits per heavy atom. The average molecular weight is 394 g/mol. The predicted molar refractivity (Wildman–Crippen MR) is 107 cm³/mol. The highest BCUT2D eigenvalue weighted by molar-refractivity contribution is 5.83. The van der Waals surface area contributed by atoms with Crippen LogP contribution in [0.4, 0.5) is 0 Å². The summed E-state index contributed by atoms with van der Waals surface area (Å²) >= 11 is 0. The SMILES string of the molecule is COc1cc2c(c(OC)c1OC)-c1ccc(C#N)c(=O)cc1C(NC(C)=O)CC2. The zero-order valence-corrected chi connectivity index (χ0v) is 16.8. The van der Waals surface area contributed by atoms with Gasteiger partial charge in [-0.2, -0.15) is 5.26 Å². The molecule has 29 heavy (non-hydrogen) atoms. The van der Waals surface area contributed by atoms with Gasteiger partial charge in [0.25, 0.3) is 0 Å². The van der Waals surface area contributed by atoms with Gasteiger partial charge in [0.05, 0.1) is 32.9 Å². The van der Waals surface area contributed by atoms with E-state index in [0.717, 1.165) is 11.1 Å². The van der Waals surface area contributed by atoms with Crippen molar-refractivity contribution in [3.8, 4) is 34.4 Å². The molecular formula is C22H22N2O5. The van der Waals surface area contributed by atoms with Gasteiger partial charge in [-0.25, -0.2) is 0 Å². The summed E-state index contributed by atoms with van der Waals surface area (Å²) in [4.78, 5) is 24.4. The number of methoxy groups -OCH3 is 3. The predicted octanol–water partition coefficient (Wildman–Crippen LogP) is 2.73. The molecule has 2 aromatic carbocycles. The van der Waals surface area contributed by atoms with E-state index < -0.39 is 5.43 Å². The fourth-order valence-corrected chi connectivity index (χ4v) is 3.80. The quantitative estimate of drug-likeness (QED) is 0.856. The number of carbonyl (C=O) groups excluding carboxylic acids is 1. The summed E-state index contributed by atoms with van der Waals surface area (Å²) in [5, 5.41) is 12.2. The molecule has 2 aromatic rings. The number of rotatable bonds is 4. The Labute approximate surface area is 168 Å². The average Bonchev–Trinajstić information content (AvgIpc) is 2.95. The van der Waals surface area contributed by atoms with E-state index in [1.165, 1.54) is 33.3 Å².